The first-order valence-corrected chi connectivity index (χ1v) is 13.5. The highest BCUT2D eigenvalue weighted by atomic mass is 16.5. The van der Waals surface area contributed by atoms with Gasteiger partial charge in [-0.3, -0.25) is 9.59 Å². The minimum atomic E-state index is -0.882. The quantitative estimate of drug-likeness (QED) is 0.197. The van der Waals surface area contributed by atoms with E-state index in [-0.39, 0.29) is 6.61 Å². The predicted molar refractivity (Wildman–Crippen MR) is 158 cm³/mol. The van der Waals surface area contributed by atoms with Crippen molar-refractivity contribution in [1.82, 2.24) is 9.88 Å². The zero-order valence-electron chi connectivity index (χ0n) is 24.4. The number of carbonyl (C=O) groups excluding carboxylic acids is 2. The molecule has 2 aromatic carbocycles. The molecule has 9 nitrogen and oxygen atoms in total. The Morgan fingerprint density at radius 1 is 1.10 bits per heavy atom. The summed E-state index contributed by atoms with van der Waals surface area (Å²) in [6.07, 6.45) is 7.00. The summed E-state index contributed by atoms with van der Waals surface area (Å²) >= 11 is 0. The number of rotatable bonds is 10. The maximum Gasteiger partial charge on any atom is 0.343 e. The molecule has 1 aliphatic rings. The van der Waals surface area contributed by atoms with Crippen molar-refractivity contribution in [3.8, 4) is 22.8 Å². The third-order valence-corrected chi connectivity index (χ3v) is 5.98. The monoisotopic (exact) mass is 564 g/mol. The Balaban J connectivity index is 0.000000560. The van der Waals surface area contributed by atoms with Crippen molar-refractivity contribution >= 4 is 18.2 Å². The predicted octanol–water partition coefficient (Wildman–Crippen LogP) is 5.07. The van der Waals surface area contributed by atoms with E-state index < -0.39 is 17.9 Å². The van der Waals surface area contributed by atoms with E-state index in [0.29, 0.717) is 40.3 Å². The first-order valence-electron chi connectivity index (χ1n) is 13.5. The molecular weight excluding hydrogens is 524 g/mol. The van der Waals surface area contributed by atoms with Crippen LogP contribution in [0.3, 0.4) is 0 Å². The van der Waals surface area contributed by atoms with Gasteiger partial charge in [0, 0.05) is 24.4 Å². The number of carboxylic acid groups (broad SMARTS) is 1. The number of nitrogens with zero attached hydrogens (tertiary/aromatic N) is 2. The van der Waals surface area contributed by atoms with Crippen LogP contribution < -0.4 is 9.47 Å². The number of likely N-dealkylation sites (N-methyl/N-ethyl adjacent to an activating group) is 1. The Morgan fingerprint density at radius 2 is 1.80 bits per heavy atom. The lowest BCUT2D eigenvalue weighted by Crippen LogP contribution is -2.15. The Labute approximate surface area is 241 Å². The SMILES string of the molecule is C1CC1.CN(C)CCO.COc1cc(-c2ccc(C(=O)Oc3cccc(CC(C)C(=O)O)c3)c(C)c2)c(C=O)cn1. The molecule has 41 heavy (non-hydrogen) atoms. The van der Waals surface area contributed by atoms with Gasteiger partial charge in [0.25, 0.3) is 0 Å². The van der Waals surface area contributed by atoms with Gasteiger partial charge in [-0.2, -0.15) is 0 Å². The molecule has 0 bridgehead atoms. The fourth-order valence-electron chi connectivity index (χ4n) is 3.50. The summed E-state index contributed by atoms with van der Waals surface area (Å²) in [5.41, 5.74) is 3.63. The van der Waals surface area contributed by atoms with Gasteiger partial charge in [-0.25, -0.2) is 9.78 Å². The normalized spacial score (nSPS) is 12.2. The number of aliphatic carboxylic acids is 1. The lowest BCUT2D eigenvalue weighted by Gasteiger charge is -2.12. The van der Waals surface area contributed by atoms with Crippen LogP contribution in [0.5, 0.6) is 11.6 Å². The van der Waals surface area contributed by atoms with Crippen molar-refractivity contribution in [2.75, 3.05) is 34.4 Å². The molecule has 1 aromatic heterocycles. The topological polar surface area (TPSA) is 126 Å². The summed E-state index contributed by atoms with van der Waals surface area (Å²) in [5, 5.41) is 17.3. The minimum Gasteiger partial charge on any atom is -0.481 e. The average Bonchev–Trinajstić information content (AvgIpc) is 3.83. The molecule has 0 aliphatic heterocycles. The van der Waals surface area contributed by atoms with Gasteiger partial charge in [0.1, 0.15) is 5.75 Å². The fraction of sp³-hybridized carbons (Fsp3) is 0.375. The number of benzene rings is 2. The molecule has 9 heteroatoms. The number of esters is 1. The Hall–Kier alpha value is -4.08. The van der Waals surface area contributed by atoms with Gasteiger partial charge in [0.2, 0.25) is 5.88 Å². The van der Waals surface area contributed by atoms with Crippen LogP contribution in [0, 0.1) is 12.8 Å². The zero-order valence-corrected chi connectivity index (χ0v) is 24.4. The maximum atomic E-state index is 12.7. The third-order valence-electron chi connectivity index (χ3n) is 5.98. The van der Waals surface area contributed by atoms with E-state index in [4.69, 9.17) is 19.7 Å². The van der Waals surface area contributed by atoms with E-state index in [1.165, 1.54) is 32.6 Å². The number of carboxylic acids is 1. The third kappa shape index (κ3) is 11.5. The number of aldehydes is 1. The highest BCUT2D eigenvalue weighted by molar-refractivity contribution is 5.94. The van der Waals surface area contributed by atoms with E-state index in [0.717, 1.165) is 24.0 Å². The largest absolute Gasteiger partial charge is 0.481 e. The second kappa shape index (κ2) is 16.9. The highest BCUT2D eigenvalue weighted by Crippen LogP contribution is 2.28. The van der Waals surface area contributed by atoms with Crippen LogP contribution >= 0.6 is 0 Å². The highest BCUT2D eigenvalue weighted by Gasteiger charge is 2.16. The van der Waals surface area contributed by atoms with Crippen LogP contribution in [0.2, 0.25) is 0 Å². The molecule has 1 atom stereocenters. The van der Waals surface area contributed by atoms with Crippen LogP contribution in [0.25, 0.3) is 11.1 Å². The van der Waals surface area contributed by atoms with E-state index in [9.17, 15) is 14.4 Å². The number of aryl methyl sites for hydroxylation is 1. The minimum absolute atomic E-state index is 0.257. The van der Waals surface area contributed by atoms with Crippen molar-refractivity contribution in [1.29, 1.82) is 0 Å². The molecule has 1 saturated carbocycles. The van der Waals surface area contributed by atoms with E-state index in [1.54, 1.807) is 62.4 Å². The van der Waals surface area contributed by atoms with Gasteiger partial charge in [-0.15, -0.1) is 0 Å². The lowest BCUT2D eigenvalue weighted by molar-refractivity contribution is -0.141. The zero-order chi connectivity index (χ0) is 30.4. The summed E-state index contributed by atoms with van der Waals surface area (Å²) < 4.78 is 10.7. The number of ether oxygens (including phenoxy) is 2. The Morgan fingerprint density at radius 3 is 2.32 bits per heavy atom. The molecule has 1 heterocycles. The summed E-state index contributed by atoms with van der Waals surface area (Å²) in [6, 6.07) is 13.7. The summed E-state index contributed by atoms with van der Waals surface area (Å²) in [7, 11) is 5.35. The summed E-state index contributed by atoms with van der Waals surface area (Å²) in [5.74, 6) is -1.23. The van der Waals surface area contributed by atoms with Crippen LogP contribution in [-0.2, 0) is 11.2 Å². The molecule has 1 unspecified atom stereocenters. The molecule has 0 amide bonds. The lowest BCUT2D eigenvalue weighted by atomic mass is 9.97. The summed E-state index contributed by atoms with van der Waals surface area (Å²) in [6.45, 7) is 4.43. The second-order valence-corrected chi connectivity index (χ2v) is 10.0. The van der Waals surface area contributed by atoms with Gasteiger partial charge >= 0.3 is 11.9 Å². The molecule has 4 rings (SSSR count). The van der Waals surface area contributed by atoms with E-state index in [1.807, 2.05) is 19.0 Å². The number of aliphatic hydroxyl groups is 1. The first kappa shape index (κ1) is 33.1. The number of carbonyl (C=O) groups is 3. The Kier molecular flexibility index (Phi) is 13.6. The van der Waals surface area contributed by atoms with Crippen molar-refractivity contribution < 1.29 is 34.1 Å². The molecule has 0 spiro atoms. The van der Waals surface area contributed by atoms with Crippen molar-refractivity contribution in [2.24, 2.45) is 5.92 Å². The van der Waals surface area contributed by atoms with Crippen LogP contribution in [-0.4, -0.2) is 72.7 Å². The number of methoxy groups -OCH3 is 1. The maximum absolute atomic E-state index is 12.7. The van der Waals surface area contributed by atoms with Gasteiger partial charge in [-0.05, 0) is 67.9 Å². The number of aliphatic hydroxyl groups excluding tert-OH is 1. The molecule has 1 aliphatic carbocycles. The fourth-order valence-corrected chi connectivity index (χ4v) is 3.50. The molecule has 0 saturated heterocycles. The van der Waals surface area contributed by atoms with Gasteiger partial charge in [0.15, 0.2) is 6.29 Å². The molecule has 0 radical (unpaired) electrons. The second-order valence-electron chi connectivity index (χ2n) is 10.0. The molecule has 2 N–H and O–H groups in total. The molecule has 1 fully saturated rings. The molecule has 220 valence electrons. The van der Waals surface area contributed by atoms with Crippen LogP contribution in [0.1, 0.15) is 58.0 Å². The van der Waals surface area contributed by atoms with Crippen molar-refractivity contribution in [2.45, 2.75) is 39.5 Å². The smallest absolute Gasteiger partial charge is 0.343 e. The standard InChI is InChI=1S/C25H23NO6.C4H11NO.C3H6/c1-15-10-18(22-12-23(31-3)26-13-19(22)14-27)7-8-21(15)25(30)32-20-6-4-5-17(11-20)9-16(2)24(28)29;1-5(2)3-4-6;1-2-3-1/h4-8,10-14,16H,9H2,1-3H3,(H,28,29);6H,3-4H2,1-2H3;1-3H2. The van der Waals surface area contributed by atoms with Crippen LogP contribution in [0.15, 0.2) is 54.7 Å². The van der Waals surface area contributed by atoms with Crippen molar-refractivity contribution in [3.63, 3.8) is 0 Å². The van der Waals surface area contributed by atoms with E-state index >= 15 is 0 Å². The Bertz CT molecular complexity index is 1300. The van der Waals surface area contributed by atoms with Crippen LogP contribution in [0.4, 0.5) is 0 Å². The van der Waals surface area contributed by atoms with E-state index in [2.05, 4.69) is 4.98 Å². The first-order chi connectivity index (χ1) is 19.6. The van der Waals surface area contributed by atoms with Crippen molar-refractivity contribution in [3.05, 3.63) is 77.0 Å². The number of hydrogen-bond acceptors (Lipinski definition) is 8. The number of pyridine rings is 1. The van der Waals surface area contributed by atoms with Gasteiger partial charge in [-0.1, -0.05) is 50.5 Å². The van der Waals surface area contributed by atoms with Gasteiger partial charge in [0.05, 0.1) is 25.2 Å². The molecule has 3 aromatic rings. The summed E-state index contributed by atoms with van der Waals surface area (Å²) in [4.78, 5) is 41.2. The molecular formula is C32H40N2O7. The number of hydrogen-bond donors (Lipinski definition) is 2. The van der Waals surface area contributed by atoms with Gasteiger partial charge < -0.3 is 24.6 Å². The average molecular weight is 565 g/mol. The number of aromatic nitrogens is 1.